The summed E-state index contributed by atoms with van der Waals surface area (Å²) >= 11 is 0. The number of nitrogens with zero attached hydrogens (tertiary/aromatic N) is 2. The monoisotopic (exact) mass is 273 g/mol. The van der Waals surface area contributed by atoms with Gasteiger partial charge in [-0.25, -0.2) is 0 Å². The van der Waals surface area contributed by atoms with Gasteiger partial charge in [0, 0.05) is 19.0 Å². The molecular weight excluding hydrogens is 246 g/mol. The van der Waals surface area contributed by atoms with E-state index in [9.17, 15) is 0 Å². The van der Waals surface area contributed by atoms with E-state index in [2.05, 4.69) is 41.6 Å². The molecule has 110 valence electrons. The molecule has 0 atom stereocenters. The maximum Gasteiger partial charge on any atom is 0.0841 e. The molecule has 0 fully saturated rings. The van der Waals surface area contributed by atoms with Crippen molar-refractivity contribution in [3.8, 4) is 0 Å². The van der Waals surface area contributed by atoms with Crippen LogP contribution in [-0.2, 0) is 13.6 Å². The van der Waals surface area contributed by atoms with Gasteiger partial charge in [-0.05, 0) is 19.0 Å². The van der Waals surface area contributed by atoms with E-state index < -0.39 is 0 Å². The smallest absolute Gasteiger partial charge is 0.0841 e. The number of benzene rings is 1. The highest BCUT2D eigenvalue weighted by molar-refractivity contribution is 5.81. The van der Waals surface area contributed by atoms with Crippen LogP contribution >= 0.6 is 0 Å². The number of fused-ring (bicyclic) bond motifs is 1. The minimum Gasteiger partial charge on any atom is -0.311 e. The summed E-state index contributed by atoms with van der Waals surface area (Å²) in [5.74, 6) is 0. The van der Waals surface area contributed by atoms with E-state index in [4.69, 9.17) is 0 Å². The zero-order chi connectivity index (χ0) is 14.2. The lowest BCUT2D eigenvalue weighted by Gasteiger charge is -2.03. The predicted octanol–water partition coefficient (Wildman–Crippen LogP) is 4.02. The van der Waals surface area contributed by atoms with Crippen molar-refractivity contribution in [1.82, 2.24) is 15.1 Å². The molecule has 0 amide bonds. The Hall–Kier alpha value is -1.35. The molecule has 0 unspecified atom stereocenters. The summed E-state index contributed by atoms with van der Waals surface area (Å²) in [7, 11) is 2.01. The first-order valence-corrected chi connectivity index (χ1v) is 7.94. The Balaban J connectivity index is 1.71. The molecule has 2 aromatic rings. The summed E-state index contributed by atoms with van der Waals surface area (Å²) < 4.78 is 1.97. The quantitative estimate of drug-likeness (QED) is 0.699. The fourth-order valence-corrected chi connectivity index (χ4v) is 2.66. The Labute approximate surface area is 122 Å². The van der Waals surface area contributed by atoms with Crippen LogP contribution in [0.25, 0.3) is 10.9 Å². The first-order chi connectivity index (χ1) is 9.83. The van der Waals surface area contributed by atoms with Crippen LogP contribution in [0.4, 0.5) is 0 Å². The van der Waals surface area contributed by atoms with Crippen LogP contribution in [0.15, 0.2) is 24.3 Å². The molecule has 20 heavy (non-hydrogen) atoms. The van der Waals surface area contributed by atoms with Gasteiger partial charge in [-0.3, -0.25) is 4.68 Å². The average molecular weight is 273 g/mol. The number of nitrogens with one attached hydrogen (secondary N) is 1. The highest BCUT2D eigenvalue weighted by Crippen LogP contribution is 2.17. The van der Waals surface area contributed by atoms with Crippen LogP contribution in [0.3, 0.4) is 0 Å². The van der Waals surface area contributed by atoms with Crippen LogP contribution < -0.4 is 5.32 Å². The number of aryl methyl sites for hydroxylation is 1. The van der Waals surface area contributed by atoms with E-state index in [1.54, 1.807) is 0 Å². The van der Waals surface area contributed by atoms with Crippen LogP contribution in [0.2, 0.25) is 0 Å². The fraction of sp³-hybridized carbons (Fsp3) is 0.588. The van der Waals surface area contributed by atoms with Gasteiger partial charge in [-0.15, -0.1) is 0 Å². The SMILES string of the molecule is CCCCCCCCNCc1nn(C)c2ccccc12. The van der Waals surface area contributed by atoms with Crippen LogP contribution in [0, 0.1) is 0 Å². The number of unbranched alkanes of at least 4 members (excludes halogenated alkanes) is 5. The minimum absolute atomic E-state index is 0.871. The Morgan fingerprint density at radius 3 is 2.65 bits per heavy atom. The second kappa shape index (κ2) is 8.05. The Kier molecular flexibility index (Phi) is 6.06. The Bertz CT molecular complexity index is 516. The molecule has 0 aliphatic rings. The van der Waals surface area contributed by atoms with Crippen molar-refractivity contribution < 1.29 is 0 Å². The van der Waals surface area contributed by atoms with E-state index in [-0.39, 0.29) is 0 Å². The first-order valence-electron chi connectivity index (χ1n) is 7.94. The van der Waals surface area contributed by atoms with Gasteiger partial charge in [-0.2, -0.15) is 5.10 Å². The summed E-state index contributed by atoms with van der Waals surface area (Å²) in [6.07, 6.45) is 8.09. The normalized spacial score (nSPS) is 11.3. The fourth-order valence-electron chi connectivity index (χ4n) is 2.66. The van der Waals surface area contributed by atoms with Crippen molar-refractivity contribution >= 4 is 10.9 Å². The van der Waals surface area contributed by atoms with E-state index >= 15 is 0 Å². The van der Waals surface area contributed by atoms with Crippen molar-refractivity contribution in [3.63, 3.8) is 0 Å². The topological polar surface area (TPSA) is 29.9 Å². The number of aromatic nitrogens is 2. The molecular formula is C17H27N3. The third kappa shape index (κ3) is 4.07. The standard InChI is InChI=1S/C17H27N3/c1-3-4-5-6-7-10-13-18-14-16-15-11-8-9-12-17(15)20(2)19-16/h8-9,11-12,18H,3-7,10,13-14H2,1-2H3. The third-order valence-electron chi connectivity index (χ3n) is 3.83. The van der Waals surface area contributed by atoms with Crippen LogP contribution in [-0.4, -0.2) is 16.3 Å². The molecule has 0 aliphatic carbocycles. The lowest BCUT2D eigenvalue weighted by Crippen LogP contribution is -2.15. The van der Waals surface area contributed by atoms with Crippen LogP contribution in [0.1, 0.15) is 51.1 Å². The van der Waals surface area contributed by atoms with E-state index in [0.717, 1.165) is 18.8 Å². The molecule has 3 nitrogen and oxygen atoms in total. The summed E-state index contributed by atoms with van der Waals surface area (Å²) in [6.45, 7) is 4.23. The van der Waals surface area contributed by atoms with E-state index in [1.165, 1.54) is 49.4 Å². The molecule has 1 aromatic heterocycles. The first kappa shape index (κ1) is 15.0. The second-order valence-electron chi connectivity index (χ2n) is 5.53. The van der Waals surface area contributed by atoms with Crippen molar-refractivity contribution in [2.45, 2.75) is 52.0 Å². The maximum atomic E-state index is 4.60. The summed E-state index contributed by atoms with van der Waals surface area (Å²) in [6, 6.07) is 8.43. The van der Waals surface area contributed by atoms with E-state index in [1.807, 2.05) is 11.7 Å². The maximum absolute atomic E-state index is 4.60. The highest BCUT2D eigenvalue weighted by Gasteiger charge is 2.06. The third-order valence-corrected chi connectivity index (χ3v) is 3.83. The molecule has 0 aliphatic heterocycles. The predicted molar refractivity (Wildman–Crippen MR) is 85.8 cm³/mol. The summed E-state index contributed by atoms with van der Waals surface area (Å²) in [5.41, 5.74) is 2.37. The molecule has 0 radical (unpaired) electrons. The molecule has 3 heteroatoms. The lowest BCUT2D eigenvalue weighted by atomic mass is 10.1. The molecule has 2 rings (SSSR count). The summed E-state index contributed by atoms with van der Waals surface area (Å²) in [5, 5.41) is 9.39. The molecule has 1 N–H and O–H groups in total. The zero-order valence-electron chi connectivity index (χ0n) is 12.9. The molecule has 0 saturated heterocycles. The molecule has 0 bridgehead atoms. The van der Waals surface area contributed by atoms with Gasteiger partial charge in [-0.1, -0.05) is 57.2 Å². The van der Waals surface area contributed by atoms with E-state index in [0.29, 0.717) is 0 Å². The number of hydrogen-bond acceptors (Lipinski definition) is 2. The van der Waals surface area contributed by atoms with Crippen molar-refractivity contribution in [2.75, 3.05) is 6.54 Å². The zero-order valence-corrected chi connectivity index (χ0v) is 12.9. The van der Waals surface area contributed by atoms with Gasteiger partial charge < -0.3 is 5.32 Å². The highest BCUT2D eigenvalue weighted by atomic mass is 15.3. The lowest BCUT2D eigenvalue weighted by molar-refractivity contribution is 0.567. The Morgan fingerprint density at radius 2 is 1.80 bits per heavy atom. The Morgan fingerprint density at radius 1 is 1.05 bits per heavy atom. The van der Waals surface area contributed by atoms with Gasteiger partial charge in [0.25, 0.3) is 0 Å². The average Bonchev–Trinajstić information content (AvgIpc) is 2.79. The molecule has 0 saturated carbocycles. The van der Waals surface area contributed by atoms with Crippen molar-refractivity contribution in [2.24, 2.45) is 7.05 Å². The molecule has 0 spiro atoms. The largest absolute Gasteiger partial charge is 0.311 e. The van der Waals surface area contributed by atoms with Gasteiger partial charge >= 0.3 is 0 Å². The number of hydrogen-bond donors (Lipinski definition) is 1. The van der Waals surface area contributed by atoms with Crippen molar-refractivity contribution in [1.29, 1.82) is 0 Å². The van der Waals surface area contributed by atoms with Gasteiger partial charge in [0.2, 0.25) is 0 Å². The molecule has 1 aromatic carbocycles. The number of rotatable bonds is 9. The number of para-hydroxylation sites is 1. The van der Waals surface area contributed by atoms with Crippen molar-refractivity contribution in [3.05, 3.63) is 30.0 Å². The second-order valence-corrected chi connectivity index (χ2v) is 5.53. The van der Waals surface area contributed by atoms with Gasteiger partial charge in [0.15, 0.2) is 0 Å². The minimum atomic E-state index is 0.871. The van der Waals surface area contributed by atoms with Gasteiger partial charge in [0.05, 0.1) is 11.2 Å². The molecule has 1 heterocycles. The summed E-state index contributed by atoms with van der Waals surface area (Å²) in [4.78, 5) is 0. The van der Waals surface area contributed by atoms with Gasteiger partial charge in [0.1, 0.15) is 0 Å². The van der Waals surface area contributed by atoms with Crippen LogP contribution in [0.5, 0.6) is 0 Å².